The van der Waals surface area contributed by atoms with Gasteiger partial charge in [-0.1, -0.05) is 66.2 Å². The summed E-state index contributed by atoms with van der Waals surface area (Å²) in [5.74, 6) is -0.0138. The molecule has 0 atom stereocenters. The number of fused-ring (bicyclic) bond motifs is 2. The van der Waals surface area contributed by atoms with E-state index in [1.54, 1.807) is 11.0 Å². The first kappa shape index (κ1) is 19.0. The van der Waals surface area contributed by atoms with Crippen molar-refractivity contribution in [3.63, 3.8) is 0 Å². The Labute approximate surface area is 175 Å². The minimum Gasteiger partial charge on any atom is -0.341 e. The van der Waals surface area contributed by atoms with Crippen molar-refractivity contribution in [1.29, 1.82) is 0 Å². The second kappa shape index (κ2) is 8.34. The number of halogens is 1. The van der Waals surface area contributed by atoms with E-state index in [9.17, 15) is 4.79 Å². The lowest BCUT2D eigenvalue weighted by Crippen LogP contribution is -2.27. The highest BCUT2D eigenvalue weighted by molar-refractivity contribution is 7.12. The van der Waals surface area contributed by atoms with Crippen LogP contribution in [0.4, 0.5) is 0 Å². The zero-order chi connectivity index (χ0) is 19.5. The molecule has 0 saturated heterocycles. The van der Waals surface area contributed by atoms with Gasteiger partial charge in [-0.05, 0) is 58.5 Å². The fraction of sp³-hybridized carbons (Fsp3) is 0.208. The summed E-state index contributed by atoms with van der Waals surface area (Å²) in [5, 5.41) is 2.39. The van der Waals surface area contributed by atoms with E-state index < -0.39 is 0 Å². The lowest BCUT2D eigenvalue weighted by atomic mass is 9.93. The van der Waals surface area contributed by atoms with Crippen LogP contribution in [0, 0.1) is 0 Å². The lowest BCUT2D eigenvalue weighted by Gasteiger charge is -2.17. The van der Waals surface area contributed by atoms with Crippen molar-refractivity contribution in [3.05, 3.63) is 98.2 Å². The first-order valence-corrected chi connectivity index (χ1v) is 10.8. The number of carbonyl (C=O) groups excluding carboxylic acids is 1. The Morgan fingerprint density at radius 3 is 2.21 bits per heavy atom. The summed E-state index contributed by atoms with van der Waals surface area (Å²) in [7, 11) is 1.84. The van der Waals surface area contributed by atoms with Crippen LogP contribution in [0.3, 0.4) is 0 Å². The van der Waals surface area contributed by atoms with Gasteiger partial charge in [-0.2, -0.15) is 0 Å². The van der Waals surface area contributed by atoms with Gasteiger partial charge in [0.1, 0.15) is 4.88 Å². The summed E-state index contributed by atoms with van der Waals surface area (Å²) in [6, 6.07) is 19.1. The van der Waals surface area contributed by atoms with Crippen molar-refractivity contribution in [2.24, 2.45) is 0 Å². The second-order valence-corrected chi connectivity index (χ2v) is 8.37. The Bertz CT molecular complexity index is 987. The van der Waals surface area contributed by atoms with Gasteiger partial charge in [0.05, 0.1) is 5.02 Å². The second-order valence-electron chi connectivity index (χ2n) is 7.05. The number of carbonyl (C=O) groups is 1. The average Bonchev–Trinajstić information content (AvgIpc) is 3.08. The van der Waals surface area contributed by atoms with Crippen LogP contribution in [0.25, 0.3) is 5.57 Å². The van der Waals surface area contributed by atoms with Gasteiger partial charge >= 0.3 is 0 Å². The van der Waals surface area contributed by atoms with Crippen molar-refractivity contribution in [1.82, 2.24) is 4.90 Å². The molecule has 0 spiro atoms. The molecule has 3 aromatic rings. The highest BCUT2D eigenvalue weighted by Gasteiger charge is 2.18. The zero-order valence-corrected chi connectivity index (χ0v) is 17.4. The molecule has 1 heterocycles. The molecule has 0 saturated carbocycles. The van der Waals surface area contributed by atoms with Crippen molar-refractivity contribution in [2.75, 3.05) is 13.6 Å². The van der Waals surface area contributed by atoms with E-state index in [0.717, 1.165) is 19.3 Å². The Balaban J connectivity index is 1.59. The van der Waals surface area contributed by atoms with Crippen molar-refractivity contribution >= 4 is 34.4 Å². The van der Waals surface area contributed by atoms with Gasteiger partial charge in [-0.15, -0.1) is 11.3 Å². The molecule has 4 heteroatoms. The molecule has 0 unspecified atom stereocenters. The molecular weight excluding hydrogens is 386 g/mol. The van der Waals surface area contributed by atoms with Gasteiger partial charge in [-0.25, -0.2) is 0 Å². The van der Waals surface area contributed by atoms with E-state index in [-0.39, 0.29) is 5.91 Å². The standard InChI is InChI=1S/C24H22ClNOS/c1-26(24(27)23-22(25)14-16-28-23)15-6-11-21-19-9-4-2-7-17(19)12-13-18-8-3-5-10-20(18)21/h2-5,7-11,14,16H,6,12-13,15H2,1H3. The van der Waals surface area contributed by atoms with Gasteiger partial charge in [0, 0.05) is 13.6 Å². The van der Waals surface area contributed by atoms with E-state index in [2.05, 4.69) is 54.6 Å². The number of benzene rings is 2. The Hall–Kier alpha value is -2.36. The summed E-state index contributed by atoms with van der Waals surface area (Å²) >= 11 is 7.51. The van der Waals surface area contributed by atoms with Gasteiger partial charge in [0.15, 0.2) is 0 Å². The molecule has 1 aliphatic rings. The van der Waals surface area contributed by atoms with Crippen LogP contribution in [0.1, 0.15) is 38.3 Å². The third-order valence-electron chi connectivity index (χ3n) is 5.25. The van der Waals surface area contributed by atoms with E-state index in [1.165, 1.54) is 39.2 Å². The van der Waals surface area contributed by atoms with Gasteiger partial charge in [-0.3, -0.25) is 4.79 Å². The van der Waals surface area contributed by atoms with Gasteiger partial charge in [0.25, 0.3) is 5.91 Å². The molecular formula is C24H22ClNOS. The summed E-state index contributed by atoms with van der Waals surface area (Å²) in [4.78, 5) is 15.0. The van der Waals surface area contributed by atoms with Crippen LogP contribution in [0.2, 0.25) is 5.02 Å². The Morgan fingerprint density at radius 1 is 1.04 bits per heavy atom. The first-order valence-electron chi connectivity index (χ1n) is 9.50. The van der Waals surface area contributed by atoms with E-state index in [0.29, 0.717) is 16.4 Å². The maximum Gasteiger partial charge on any atom is 0.265 e. The Kier molecular flexibility index (Phi) is 5.65. The van der Waals surface area contributed by atoms with Crippen molar-refractivity contribution in [3.8, 4) is 0 Å². The average molecular weight is 408 g/mol. The molecule has 4 rings (SSSR count). The van der Waals surface area contributed by atoms with E-state index >= 15 is 0 Å². The number of nitrogens with zero attached hydrogens (tertiary/aromatic N) is 1. The van der Waals surface area contributed by atoms with Crippen LogP contribution in [0.5, 0.6) is 0 Å². The molecule has 0 bridgehead atoms. The molecule has 1 aliphatic carbocycles. The summed E-state index contributed by atoms with van der Waals surface area (Å²) in [6.07, 6.45) is 5.19. The minimum absolute atomic E-state index is 0.0138. The quantitative estimate of drug-likeness (QED) is 0.512. The molecule has 142 valence electrons. The van der Waals surface area contributed by atoms with Crippen LogP contribution >= 0.6 is 22.9 Å². The summed E-state index contributed by atoms with van der Waals surface area (Å²) in [6.45, 7) is 0.654. The van der Waals surface area contributed by atoms with Crippen LogP contribution < -0.4 is 0 Å². The molecule has 0 fully saturated rings. The maximum atomic E-state index is 12.6. The fourth-order valence-corrected chi connectivity index (χ4v) is 4.89. The van der Waals surface area contributed by atoms with Crippen LogP contribution in [0.15, 0.2) is 66.1 Å². The van der Waals surface area contributed by atoms with Gasteiger partial charge in [0.2, 0.25) is 0 Å². The van der Waals surface area contributed by atoms with Crippen molar-refractivity contribution < 1.29 is 4.79 Å². The maximum absolute atomic E-state index is 12.6. The molecule has 0 radical (unpaired) electrons. The van der Waals surface area contributed by atoms with Gasteiger partial charge < -0.3 is 4.90 Å². The van der Waals surface area contributed by atoms with Crippen LogP contribution in [-0.4, -0.2) is 24.4 Å². The predicted octanol–water partition coefficient (Wildman–Crippen LogP) is 6.09. The zero-order valence-electron chi connectivity index (χ0n) is 15.8. The highest BCUT2D eigenvalue weighted by atomic mass is 35.5. The van der Waals surface area contributed by atoms with Crippen molar-refractivity contribution in [2.45, 2.75) is 19.3 Å². The number of hydrogen-bond acceptors (Lipinski definition) is 2. The molecule has 1 aromatic heterocycles. The molecule has 2 nitrogen and oxygen atoms in total. The molecule has 0 N–H and O–H groups in total. The smallest absolute Gasteiger partial charge is 0.265 e. The topological polar surface area (TPSA) is 20.3 Å². The van der Waals surface area contributed by atoms with Crippen LogP contribution in [-0.2, 0) is 12.8 Å². The summed E-state index contributed by atoms with van der Waals surface area (Å²) in [5.41, 5.74) is 6.67. The third-order valence-corrected chi connectivity index (χ3v) is 6.58. The van der Waals surface area contributed by atoms with E-state index in [4.69, 9.17) is 11.6 Å². The molecule has 1 amide bonds. The number of rotatable bonds is 4. The minimum atomic E-state index is -0.0138. The fourth-order valence-electron chi connectivity index (χ4n) is 3.76. The normalized spacial score (nSPS) is 12.7. The third kappa shape index (κ3) is 3.78. The predicted molar refractivity (Wildman–Crippen MR) is 118 cm³/mol. The molecule has 2 aromatic carbocycles. The SMILES string of the molecule is CN(CCC=C1c2ccccc2CCc2ccccc21)C(=O)c1sccc1Cl. The van der Waals surface area contributed by atoms with E-state index in [1.807, 2.05) is 12.4 Å². The number of amides is 1. The Morgan fingerprint density at radius 2 is 1.64 bits per heavy atom. The molecule has 28 heavy (non-hydrogen) atoms. The molecule has 0 aliphatic heterocycles. The first-order chi connectivity index (χ1) is 13.6. The monoisotopic (exact) mass is 407 g/mol. The summed E-state index contributed by atoms with van der Waals surface area (Å²) < 4.78 is 0. The number of thiophene rings is 1. The number of aryl methyl sites for hydroxylation is 2. The largest absolute Gasteiger partial charge is 0.341 e. The highest BCUT2D eigenvalue weighted by Crippen LogP contribution is 2.33. The number of hydrogen-bond donors (Lipinski definition) is 0. The lowest BCUT2D eigenvalue weighted by molar-refractivity contribution is 0.0802.